The molecule has 0 aliphatic carbocycles. The largest absolute Gasteiger partial charge is 0.453 e. The predicted octanol–water partition coefficient (Wildman–Crippen LogP) is 3.80. The van der Waals surface area contributed by atoms with E-state index in [-0.39, 0.29) is 30.3 Å². The van der Waals surface area contributed by atoms with E-state index in [2.05, 4.69) is 19.2 Å². The fourth-order valence-electron chi connectivity index (χ4n) is 3.07. The van der Waals surface area contributed by atoms with Gasteiger partial charge in [-0.15, -0.1) is 0 Å². The lowest BCUT2D eigenvalue weighted by molar-refractivity contribution is -0.124. The summed E-state index contributed by atoms with van der Waals surface area (Å²) in [5.74, 6) is -0.214. The lowest BCUT2D eigenvalue weighted by atomic mass is 9.95. The smallest absolute Gasteiger partial charge is 0.339 e. The molecule has 1 heterocycles. The van der Waals surface area contributed by atoms with Gasteiger partial charge < -0.3 is 10.1 Å². The number of esters is 1. The number of benzene rings is 2. The molecule has 0 bridgehead atoms. The van der Waals surface area contributed by atoms with Crippen molar-refractivity contribution < 1.29 is 14.3 Å². The van der Waals surface area contributed by atoms with Crippen molar-refractivity contribution in [1.82, 2.24) is 5.32 Å². The zero-order valence-corrected chi connectivity index (χ0v) is 13.9. The van der Waals surface area contributed by atoms with E-state index in [1.165, 1.54) is 0 Å². The second-order valence-electron chi connectivity index (χ2n) is 6.39. The highest BCUT2D eigenvalue weighted by Gasteiger charge is 2.32. The molecule has 0 radical (unpaired) electrons. The molecule has 2 aromatic carbocycles. The van der Waals surface area contributed by atoms with Crippen LogP contribution in [0.2, 0.25) is 0 Å². The average molecular weight is 323 g/mol. The van der Waals surface area contributed by atoms with Gasteiger partial charge in [0.15, 0.2) is 0 Å². The van der Waals surface area contributed by atoms with Crippen LogP contribution in [0.1, 0.15) is 53.9 Å². The molecule has 4 heteroatoms. The summed E-state index contributed by atoms with van der Waals surface area (Å²) in [6, 6.07) is 17.1. The standard InChI is InChI=1S/C20H21NO3/c1-13(2)19(14-8-4-3-5-9-14)21-18(22)12-17-15-10-6-7-11-16(15)20(23)24-17/h3-11,13,17,19H,12H2,1-2H3,(H,21,22)/t17-,19-/m0/s1. The van der Waals surface area contributed by atoms with Crippen LogP contribution in [0, 0.1) is 5.92 Å². The topological polar surface area (TPSA) is 55.4 Å². The summed E-state index contributed by atoms with van der Waals surface area (Å²) in [6.45, 7) is 4.14. The Kier molecular flexibility index (Phi) is 4.65. The Balaban J connectivity index is 1.70. The fraction of sp³-hybridized carbons (Fsp3) is 0.300. The number of rotatable bonds is 5. The third kappa shape index (κ3) is 3.32. The molecule has 2 aromatic rings. The van der Waals surface area contributed by atoms with Crippen LogP contribution in [-0.2, 0) is 9.53 Å². The summed E-state index contributed by atoms with van der Waals surface area (Å²) < 4.78 is 5.35. The summed E-state index contributed by atoms with van der Waals surface area (Å²) >= 11 is 0. The molecule has 2 atom stereocenters. The van der Waals surface area contributed by atoms with Crippen LogP contribution in [-0.4, -0.2) is 11.9 Å². The van der Waals surface area contributed by atoms with Crippen LogP contribution in [0.3, 0.4) is 0 Å². The summed E-state index contributed by atoms with van der Waals surface area (Å²) in [4.78, 5) is 24.4. The molecule has 0 unspecified atom stereocenters. The maximum Gasteiger partial charge on any atom is 0.339 e. The van der Waals surface area contributed by atoms with Gasteiger partial charge in [-0.05, 0) is 17.5 Å². The maximum atomic E-state index is 12.5. The highest BCUT2D eigenvalue weighted by Crippen LogP contribution is 2.33. The lowest BCUT2D eigenvalue weighted by Crippen LogP contribution is -2.32. The van der Waals surface area contributed by atoms with E-state index < -0.39 is 6.10 Å². The van der Waals surface area contributed by atoms with Crippen molar-refractivity contribution in [3.05, 3.63) is 71.3 Å². The molecule has 0 saturated heterocycles. The van der Waals surface area contributed by atoms with Gasteiger partial charge in [0.25, 0.3) is 0 Å². The van der Waals surface area contributed by atoms with E-state index in [4.69, 9.17) is 4.74 Å². The molecule has 0 saturated carbocycles. The van der Waals surface area contributed by atoms with Crippen LogP contribution in [0.5, 0.6) is 0 Å². The molecule has 3 rings (SSSR count). The molecule has 0 spiro atoms. The van der Waals surface area contributed by atoms with Crippen LogP contribution in [0.15, 0.2) is 54.6 Å². The van der Waals surface area contributed by atoms with E-state index in [1.807, 2.05) is 42.5 Å². The number of hydrogen-bond acceptors (Lipinski definition) is 3. The molecule has 1 N–H and O–H groups in total. The Bertz CT molecular complexity index is 740. The number of cyclic esters (lactones) is 1. The third-order valence-corrected chi connectivity index (χ3v) is 4.29. The molecule has 124 valence electrons. The first kappa shape index (κ1) is 16.2. The van der Waals surface area contributed by atoms with Gasteiger partial charge in [-0.1, -0.05) is 62.4 Å². The van der Waals surface area contributed by atoms with E-state index >= 15 is 0 Å². The lowest BCUT2D eigenvalue weighted by Gasteiger charge is -2.23. The van der Waals surface area contributed by atoms with Crippen molar-refractivity contribution in [3.8, 4) is 0 Å². The van der Waals surface area contributed by atoms with Gasteiger partial charge in [0.05, 0.1) is 18.0 Å². The Labute approximate surface area is 141 Å². The van der Waals surface area contributed by atoms with E-state index in [9.17, 15) is 9.59 Å². The zero-order chi connectivity index (χ0) is 17.1. The first-order valence-corrected chi connectivity index (χ1v) is 8.20. The average Bonchev–Trinajstić information content (AvgIpc) is 2.89. The number of carbonyl (C=O) groups is 2. The highest BCUT2D eigenvalue weighted by molar-refractivity contribution is 5.94. The van der Waals surface area contributed by atoms with E-state index in [0.29, 0.717) is 5.56 Å². The molecular weight excluding hydrogens is 302 g/mol. The van der Waals surface area contributed by atoms with Gasteiger partial charge in [-0.2, -0.15) is 0 Å². The van der Waals surface area contributed by atoms with E-state index in [0.717, 1.165) is 11.1 Å². The van der Waals surface area contributed by atoms with Crippen molar-refractivity contribution in [2.45, 2.75) is 32.4 Å². The van der Waals surface area contributed by atoms with Crippen LogP contribution in [0.4, 0.5) is 0 Å². The van der Waals surface area contributed by atoms with Crippen molar-refractivity contribution in [3.63, 3.8) is 0 Å². The Hall–Kier alpha value is -2.62. The van der Waals surface area contributed by atoms with Gasteiger partial charge in [-0.3, -0.25) is 4.79 Å². The van der Waals surface area contributed by atoms with Crippen LogP contribution < -0.4 is 5.32 Å². The summed E-state index contributed by atoms with van der Waals surface area (Å²) in [5.41, 5.74) is 2.42. The Morgan fingerprint density at radius 1 is 1.08 bits per heavy atom. The molecule has 24 heavy (non-hydrogen) atoms. The van der Waals surface area contributed by atoms with Crippen LogP contribution >= 0.6 is 0 Å². The molecule has 4 nitrogen and oxygen atoms in total. The molecular formula is C20H21NO3. The minimum absolute atomic E-state index is 0.0638. The zero-order valence-electron chi connectivity index (χ0n) is 13.9. The van der Waals surface area contributed by atoms with Crippen molar-refractivity contribution >= 4 is 11.9 Å². The minimum Gasteiger partial charge on any atom is -0.453 e. The monoisotopic (exact) mass is 323 g/mol. The summed E-state index contributed by atoms with van der Waals surface area (Å²) in [5, 5.41) is 3.08. The number of carbonyl (C=O) groups excluding carboxylic acids is 2. The molecule has 1 amide bonds. The fourth-order valence-corrected chi connectivity index (χ4v) is 3.07. The predicted molar refractivity (Wildman–Crippen MR) is 91.4 cm³/mol. The summed E-state index contributed by atoms with van der Waals surface area (Å²) in [6.07, 6.45) is -0.365. The van der Waals surface area contributed by atoms with Gasteiger partial charge in [0.1, 0.15) is 6.10 Å². The highest BCUT2D eigenvalue weighted by atomic mass is 16.5. The first-order valence-electron chi connectivity index (χ1n) is 8.20. The van der Waals surface area contributed by atoms with Crippen molar-refractivity contribution in [1.29, 1.82) is 0 Å². The maximum absolute atomic E-state index is 12.5. The van der Waals surface area contributed by atoms with Gasteiger partial charge in [-0.25, -0.2) is 4.79 Å². The van der Waals surface area contributed by atoms with Gasteiger partial charge in [0.2, 0.25) is 5.91 Å². The molecule has 0 fully saturated rings. The second kappa shape index (κ2) is 6.87. The second-order valence-corrected chi connectivity index (χ2v) is 6.39. The summed E-state index contributed by atoms with van der Waals surface area (Å²) in [7, 11) is 0. The number of fused-ring (bicyclic) bond motifs is 1. The van der Waals surface area contributed by atoms with Gasteiger partial charge in [0, 0.05) is 5.56 Å². The van der Waals surface area contributed by atoms with Crippen molar-refractivity contribution in [2.75, 3.05) is 0 Å². The Morgan fingerprint density at radius 2 is 1.75 bits per heavy atom. The van der Waals surface area contributed by atoms with Gasteiger partial charge >= 0.3 is 5.97 Å². The number of hydrogen-bond donors (Lipinski definition) is 1. The quantitative estimate of drug-likeness (QED) is 0.852. The molecule has 0 aromatic heterocycles. The van der Waals surface area contributed by atoms with Crippen molar-refractivity contribution in [2.24, 2.45) is 5.92 Å². The molecule has 1 aliphatic rings. The molecule has 1 aliphatic heterocycles. The number of ether oxygens (including phenoxy) is 1. The third-order valence-electron chi connectivity index (χ3n) is 4.29. The normalized spacial score (nSPS) is 17.3. The Morgan fingerprint density at radius 3 is 2.46 bits per heavy atom. The first-order chi connectivity index (χ1) is 11.6. The minimum atomic E-state index is -0.503. The number of nitrogens with one attached hydrogen (secondary N) is 1. The van der Waals surface area contributed by atoms with E-state index in [1.54, 1.807) is 12.1 Å². The SMILES string of the molecule is CC(C)[C@H](NC(=O)C[C@@H]1OC(=O)c2ccccc21)c1ccccc1. The number of amides is 1. The van der Waals surface area contributed by atoms with Crippen LogP contribution in [0.25, 0.3) is 0 Å².